The summed E-state index contributed by atoms with van der Waals surface area (Å²) in [7, 11) is -0.711. The third-order valence-corrected chi connectivity index (χ3v) is 6.62. The molecule has 0 saturated heterocycles. The van der Waals surface area contributed by atoms with Gasteiger partial charge < -0.3 is 14.2 Å². The van der Waals surface area contributed by atoms with Gasteiger partial charge in [-0.05, 0) is 37.1 Å². The summed E-state index contributed by atoms with van der Waals surface area (Å²) in [6.07, 6.45) is 7.29. The van der Waals surface area contributed by atoms with Crippen molar-refractivity contribution in [3.8, 4) is 11.5 Å². The van der Waals surface area contributed by atoms with Gasteiger partial charge in [0.25, 0.3) is 0 Å². The van der Waals surface area contributed by atoms with E-state index in [0.29, 0.717) is 17.7 Å². The Morgan fingerprint density at radius 3 is 2.41 bits per heavy atom. The molecular weight excluding hydrogens is 428 g/mol. The molecule has 0 aromatic heterocycles. The lowest BCUT2D eigenvalue weighted by molar-refractivity contribution is 0.0283. The fourth-order valence-electron chi connectivity index (χ4n) is 3.20. The molecule has 2 rings (SSSR count). The van der Waals surface area contributed by atoms with Crippen molar-refractivity contribution < 1.29 is 27.4 Å². The van der Waals surface area contributed by atoms with Crippen molar-refractivity contribution in [2.45, 2.75) is 50.0 Å². The number of benzene rings is 2. The van der Waals surface area contributed by atoms with E-state index < -0.39 is 9.84 Å². The van der Waals surface area contributed by atoms with Crippen molar-refractivity contribution in [2.24, 2.45) is 0 Å². The third kappa shape index (κ3) is 7.71. The van der Waals surface area contributed by atoms with Gasteiger partial charge in [0, 0.05) is 12.5 Å². The van der Waals surface area contributed by atoms with Crippen LogP contribution in [0.1, 0.15) is 49.4 Å². The first kappa shape index (κ1) is 25.5. The molecule has 2 aromatic carbocycles. The number of methoxy groups -OCH3 is 2. The Morgan fingerprint density at radius 1 is 1.00 bits per heavy atom. The first-order chi connectivity index (χ1) is 15.4. The van der Waals surface area contributed by atoms with Crippen molar-refractivity contribution in [3.05, 3.63) is 66.2 Å². The molecule has 0 bridgehead atoms. The van der Waals surface area contributed by atoms with Crippen LogP contribution < -0.4 is 9.47 Å². The second kappa shape index (κ2) is 12.9. The van der Waals surface area contributed by atoms with Crippen molar-refractivity contribution in [1.29, 1.82) is 0 Å². The minimum absolute atomic E-state index is 0.0824. The molecule has 0 fully saturated rings. The molecule has 0 heterocycles. The zero-order valence-electron chi connectivity index (χ0n) is 19.0. The maximum absolute atomic E-state index is 12.8. The monoisotopic (exact) mass is 460 g/mol. The van der Waals surface area contributed by atoms with Crippen LogP contribution in [0.25, 0.3) is 0 Å². The molecule has 2 aromatic rings. The summed E-state index contributed by atoms with van der Waals surface area (Å²) in [5.74, 6) is 0.157. The predicted octanol–water partition coefficient (Wildman–Crippen LogP) is 5.23. The van der Waals surface area contributed by atoms with Crippen LogP contribution in [0, 0.1) is 0 Å². The Bertz CT molecular complexity index is 983. The Labute approximate surface area is 191 Å². The number of hydrogen-bond acceptors (Lipinski definition) is 6. The number of ether oxygens (including phenoxy) is 3. The second-order valence-corrected chi connectivity index (χ2v) is 9.40. The number of carbonyl (C=O) groups is 1. The van der Waals surface area contributed by atoms with Crippen LogP contribution in [0.15, 0.2) is 65.6 Å². The molecule has 0 spiro atoms. The van der Waals surface area contributed by atoms with Crippen LogP contribution in [-0.4, -0.2) is 40.5 Å². The molecule has 1 unspecified atom stereocenters. The van der Waals surface area contributed by atoms with Gasteiger partial charge >= 0.3 is 5.97 Å². The fraction of sp³-hybridized carbons (Fsp3) is 0.400. The molecule has 1 atom stereocenters. The largest absolute Gasteiger partial charge is 0.497 e. The lowest BCUT2D eigenvalue weighted by atomic mass is 10.1. The van der Waals surface area contributed by atoms with Crippen molar-refractivity contribution in [2.75, 3.05) is 20.0 Å². The van der Waals surface area contributed by atoms with Gasteiger partial charge in [0.1, 0.15) is 22.5 Å². The molecule has 0 aliphatic rings. The summed E-state index contributed by atoms with van der Waals surface area (Å²) in [4.78, 5) is 12.5. The van der Waals surface area contributed by atoms with Gasteiger partial charge in [-0.1, -0.05) is 50.1 Å². The number of unbranched alkanes of at least 4 members (excludes halogenated alkanes) is 2. The zero-order chi connectivity index (χ0) is 23.4. The highest BCUT2D eigenvalue weighted by molar-refractivity contribution is 7.91. The summed E-state index contributed by atoms with van der Waals surface area (Å²) in [6.45, 7) is 2.11. The minimum atomic E-state index is -3.62. The van der Waals surface area contributed by atoms with E-state index in [-0.39, 0.29) is 28.5 Å². The van der Waals surface area contributed by atoms with Gasteiger partial charge in [-0.15, -0.1) is 0 Å². The molecule has 0 amide bonds. The number of hydrogen-bond donors (Lipinski definition) is 0. The number of rotatable bonds is 13. The van der Waals surface area contributed by atoms with E-state index in [1.165, 1.54) is 20.3 Å². The molecule has 32 heavy (non-hydrogen) atoms. The lowest BCUT2D eigenvalue weighted by Gasteiger charge is -2.16. The van der Waals surface area contributed by atoms with Crippen molar-refractivity contribution in [3.63, 3.8) is 0 Å². The molecule has 6 nitrogen and oxygen atoms in total. The highest BCUT2D eigenvalue weighted by atomic mass is 32.2. The SMILES string of the molecule is CCCCCC(C/C=C/CS(=O)(=O)c1cc(OC)ccc1OC)OC(=O)c1ccccc1. The second-order valence-electron chi connectivity index (χ2n) is 7.39. The van der Waals surface area contributed by atoms with E-state index in [9.17, 15) is 13.2 Å². The maximum Gasteiger partial charge on any atom is 0.338 e. The molecule has 7 heteroatoms. The summed E-state index contributed by atoms with van der Waals surface area (Å²) in [5.41, 5.74) is 0.504. The average molecular weight is 461 g/mol. The van der Waals surface area contributed by atoms with Gasteiger partial charge in [-0.2, -0.15) is 0 Å². The van der Waals surface area contributed by atoms with Crippen LogP contribution >= 0.6 is 0 Å². The van der Waals surface area contributed by atoms with E-state index in [1.54, 1.807) is 48.6 Å². The third-order valence-electron chi connectivity index (χ3n) is 5.00. The van der Waals surface area contributed by atoms with Crippen LogP contribution in [0.2, 0.25) is 0 Å². The van der Waals surface area contributed by atoms with Crippen LogP contribution in [0.4, 0.5) is 0 Å². The van der Waals surface area contributed by atoms with Crippen molar-refractivity contribution in [1.82, 2.24) is 0 Å². The fourth-order valence-corrected chi connectivity index (χ4v) is 4.52. The molecule has 0 aliphatic carbocycles. The Hall–Kier alpha value is -2.80. The molecular formula is C25H32O6S. The van der Waals surface area contributed by atoms with Crippen LogP contribution in [0.3, 0.4) is 0 Å². The van der Waals surface area contributed by atoms with Gasteiger partial charge in [0.2, 0.25) is 0 Å². The standard InChI is InChI=1S/C25H32O6S/c1-4-5-7-14-21(31-25(26)20-12-8-6-9-13-20)15-10-11-18-32(27,28)24-19-22(29-2)16-17-23(24)30-3/h6,8-13,16-17,19,21H,4-5,7,14-15,18H2,1-3H3/b11-10+. The highest BCUT2D eigenvalue weighted by Gasteiger charge is 2.20. The van der Waals surface area contributed by atoms with Crippen LogP contribution in [0.5, 0.6) is 11.5 Å². The Kier molecular flexibility index (Phi) is 10.3. The van der Waals surface area contributed by atoms with E-state index >= 15 is 0 Å². The average Bonchev–Trinajstić information content (AvgIpc) is 2.81. The van der Waals surface area contributed by atoms with E-state index in [4.69, 9.17) is 14.2 Å². The smallest absolute Gasteiger partial charge is 0.338 e. The van der Waals surface area contributed by atoms with Gasteiger partial charge in [-0.3, -0.25) is 0 Å². The summed E-state index contributed by atoms with van der Waals surface area (Å²) < 4.78 is 41.7. The predicted molar refractivity (Wildman–Crippen MR) is 125 cm³/mol. The summed E-state index contributed by atoms with van der Waals surface area (Å²) in [5, 5.41) is 0. The molecule has 0 N–H and O–H groups in total. The van der Waals surface area contributed by atoms with Gasteiger partial charge in [0.05, 0.1) is 25.5 Å². The first-order valence-electron chi connectivity index (χ1n) is 10.8. The van der Waals surface area contributed by atoms with Gasteiger partial charge in [-0.25, -0.2) is 13.2 Å². The van der Waals surface area contributed by atoms with Gasteiger partial charge in [0.15, 0.2) is 9.84 Å². The molecule has 0 saturated carbocycles. The van der Waals surface area contributed by atoms with Crippen molar-refractivity contribution >= 4 is 15.8 Å². The molecule has 174 valence electrons. The minimum Gasteiger partial charge on any atom is -0.497 e. The maximum atomic E-state index is 12.8. The summed E-state index contributed by atoms with van der Waals surface area (Å²) >= 11 is 0. The zero-order valence-corrected chi connectivity index (χ0v) is 19.8. The van der Waals surface area contributed by atoms with E-state index in [2.05, 4.69) is 6.92 Å². The number of sulfone groups is 1. The molecule has 0 radical (unpaired) electrons. The first-order valence-corrected chi connectivity index (χ1v) is 12.4. The Morgan fingerprint density at radius 2 is 1.75 bits per heavy atom. The lowest BCUT2D eigenvalue weighted by Crippen LogP contribution is -2.18. The summed E-state index contributed by atoms with van der Waals surface area (Å²) in [6, 6.07) is 13.5. The van der Waals surface area contributed by atoms with E-state index in [1.807, 2.05) is 6.07 Å². The Balaban J connectivity index is 2.04. The molecule has 0 aliphatic heterocycles. The topological polar surface area (TPSA) is 78.9 Å². The van der Waals surface area contributed by atoms with E-state index in [0.717, 1.165) is 25.7 Å². The normalized spacial score (nSPS) is 12.5. The highest BCUT2D eigenvalue weighted by Crippen LogP contribution is 2.29. The quantitative estimate of drug-likeness (QED) is 0.231. The number of carbonyl (C=O) groups excluding carboxylic acids is 1. The number of esters is 1. The van der Waals surface area contributed by atoms with Crippen LogP contribution in [-0.2, 0) is 14.6 Å².